The van der Waals surface area contributed by atoms with Crippen LogP contribution < -0.4 is 33.2 Å². The van der Waals surface area contributed by atoms with Gasteiger partial charge in [0.2, 0.25) is 11.8 Å². The van der Waals surface area contributed by atoms with Gasteiger partial charge >= 0.3 is 0 Å². The largest absolute Gasteiger partial charge is 0.370 e. The van der Waals surface area contributed by atoms with Crippen molar-refractivity contribution >= 4 is 40.3 Å². The highest BCUT2D eigenvalue weighted by atomic mass is 16.2. The highest BCUT2D eigenvalue weighted by Crippen LogP contribution is 2.29. The summed E-state index contributed by atoms with van der Waals surface area (Å²) in [5.41, 5.74) is 18.3. The second kappa shape index (κ2) is 14.1. The van der Waals surface area contributed by atoms with Crippen molar-refractivity contribution in [1.29, 1.82) is 0 Å². The van der Waals surface area contributed by atoms with Gasteiger partial charge in [-0.3, -0.25) is 29.7 Å². The average molecular weight is 512 g/mol. The number of imide groups is 1. The summed E-state index contributed by atoms with van der Waals surface area (Å²) in [4.78, 5) is 48.3. The predicted molar refractivity (Wildman–Crippen MR) is 144 cm³/mol. The Hall–Kier alpha value is -3.77. The van der Waals surface area contributed by atoms with Gasteiger partial charge in [0, 0.05) is 43.3 Å². The Kier molecular flexibility index (Phi) is 10.6. The van der Waals surface area contributed by atoms with Crippen LogP contribution in [0.4, 0.5) is 0 Å². The number of nitrogens with two attached hydrogens (primary N) is 3. The highest BCUT2D eigenvalue weighted by Gasteiger charge is 2.40. The van der Waals surface area contributed by atoms with Crippen LogP contribution in [0.15, 0.2) is 40.4 Å². The van der Waals surface area contributed by atoms with Gasteiger partial charge in [0.1, 0.15) is 11.6 Å². The van der Waals surface area contributed by atoms with Crippen molar-refractivity contribution in [3.05, 3.63) is 36.0 Å². The number of aromatic nitrogens is 1. The third-order valence-electron chi connectivity index (χ3n) is 6.14. The molecule has 3 amide bonds. The zero-order valence-corrected chi connectivity index (χ0v) is 21.0. The molecule has 2 aromatic rings. The zero-order chi connectivity index (χ0) is 26.6. The molecule has 0 aliphatic carbocycles. The lowest BCUT2D eigenvalue weighted by Gasteiger charge is -2.12. The molecule has 2 unspecified atom stereocenters. The van der Waals surface area contributed by atoms with Crippen molar-refractivity contribution in [2.75, 3.05) is 32.7 Å². The van der Waals surface area contributed by atoms with E-state index in [1.54, 1.807) is 6.20 Å². The van der Waals surface area contributed by atoms with E-state index in [-0.39, 0.29) is 23.5 Å². The van der Waals surface area contributed by atoms with Gasteiger partial charge in [-0.25, -0.2) is 0 Å². The summed E-state index contributed by atoms with van der Waals surface area (Å²) in [6.07, 6.45) is 5.59. The van der Waals surface area contributed by atoms with E-state index in [2.05, 4.69) is 30.9 Å². The van der Waals surface area contributed by atoms with Crippen molar-refractivity contribution in [1.82, 2.24) is 20.9 Å². The number of fused-ring (bicyclic) bond motifs is 1. The average Bonchev–Trinajstić information content (AvgIpc) is 3.41. The monoisotopic (exact) mass is 511 g/mol. The molecule has 1 aromatic heterocycles. The van der Waals surface area contributed by atoms with Crippen LogP contribution in [-0.4, -0.2) is 73.1 Å². The molecule has 1 aromatic carbocycles. The van der Waals surface area contributed by atoms with Crippen molar-refractivity contribution in [2.45, 2.75) is 44.1 Å². The Labute approximate surface area is 215 Å². The van der Waals surface area contributed by atoms with Crippen molar-refractivity contribution in [3.8, 4) is 0 Å². The molecule has 200 valence electrons. The fraction of sp³-hybridized carbons (Fsp3) is 0.480. The summed E-state index contributed by atoms with van der Waals surface area (Å²) in [7, 11) is 0. The molecular formula is C25H37N9O3. The fourth-order valence-electron chi connectivity index (χ4n) is 4.21. The predicted octanol–water partition coefficient (Wildman–Crippen LogP) is -0.394. The summed E-state index contributed by atoms with van der Waals surface area (Å²) in [6, 6.07) is 7.10. The molecule has 1 aliphatic rings. The van der Waals surface area contributed by atoms with E-state index in [9.17, 15) is 14.4 Å². The molecule has 2 heterocycles. The maximum absolute atomic E-state index is 12.5. The van der Waals surface area contributed by atoms with E-state index >= 15 is 0 Å². The summed E-state index contributed by atoms with van der Waals surface area (Å²) < 4.78 is 0. The standard InChI is InChI=1S/C25H37N9O3/c26-18(8-6-12-32-25(27)28)22(35)31-14-13-29-10-4-1-5-11-30-21-20(23(36)34-24(21)37)17-15-33-19-9-3-2-7-16(17)19/h2-3,7,9,15,18,20,29,33H,1,4-6,8,10-14,26H2,(H,31,35)(H4,27,28,32)(H,34,36,37). The minimum absolute atomic E-state index is 0.0326. The quantitative estimate of drug-likeness (QED) is 0.0728. The van der Waals surface area contributed by atoms with Gasteiger partial charge in [-0.05, 0) is 43.9 Å². The van der Waals surface area contributed by atoms with Crippen molar-refractivity contribution < 1.29 is 14.4 Å². The lowest BCUT2D eigenvalue weighted by molar-refractivity contribution is -0.125. The van der Waals surface area contributed by atoms with Gasteiger partial charge in [0.15, 0.2) is 5.96 Å². The molecule has 0 radical (unpaired) electrons. The fourth-order valence-corrected chi connectivity index (χ4v) is 4.21. The van der Waals surface area contributed by atoms with Crippen LogP contribution in [0, 0.1) is 0 Å². The van der Waals surface area contributed by atoms with E-state index in [1.807, 2.05) is 24.3 Å². The van der Waals surface area contributed by atoms with Crippen LogP contribution in [0.25, 0.3) is 10.9 Å². The molecule has 0 spiro atoms. The van der Waals surface area contributed by atoms with Crippen LogP contribution in [0.3, 0.4) is 0 Å². The molecule has 0 bridgehead atoms. The number of amides is 3. The molecule has 0 saturated carbocycles. The first-order chi connectivity index (χ1) is 17.9. The Morgan fingerprint density at radius 1 is 1.03 bits per heavy atom. The molecular weight excluding hydrogens is 474 g/mol. The van der Waals surface area contributed by atoms with Crippen LogP contribution in [-0.2, 0) is 14.4 Å². The number of guanidine groups is 1. The normalized spacial score (nSPS) is 17.2. The van der Waals surface area contributed by atoms with Crippen LogP contribution in [0.1, 0.15) is 43.6 Å². The lowest BCUT2D eigenvalue weighted by Crippen LogP contribution is -2.43. The minimum Gasteiger partial charge on any atom is -0.370 e. The number of benzene rings is 1. The van der Waals surface area contributed by atoms with Crippen molar-refractivity contribution in [3.63, 3.8) is 0 Å². The van der Waals surface area contributed by atoms with Gasteiger partial charge in [0.25, 0.3) is 5.91 Å². The van der Waals surface area contributed by atoms with E-state index in [0.717, 1.165) is 42.3 Å². The number of H-pyrrole nitrogens is 1. The summed E-state index contributed by atoms with van der Waals surface area (Å²) in [5, 5.41) is 9.41. The number of carbonyl (C=O) groups is 3. The number of aliphatic imine (C=N–C) groups is 2. The van der Waals surface area contributed by atoms with Gasteiger partial charge in [-0.1, -0.05) is 24.6 Å². The molecule has 37 heavy (non-hydrogen) atoms. The lowest BCUT2D eigenvalue weighted by atomic mass is 9.95. The Morgan fingerprint density at radius 2 is 1.84 bits per heavy atom. The van der Waals surface area contributed by atoms with Gasteiger partial charge in [0.05, 0.1) is 6.04 Å². The maximum Gasteiger partial charge on any atom is 0.272 e. The molecule has 1 saturated heterocycles. The zero-order valence-electron chi connectivity index (χ0n) is 21.0. The first kappa shape index (κ1) is 27.8. The number of para-hydroxylation sites is 1. The third kappa shape index (κ3) is 8.12. The molecule has 12 heteroatoms. The summed E-state index contributed by atoms with van der Waals surface area (Å²) in [6.45, 7) is 2.86. The van der Waals surface area contributed by atoms with Crippen LogP contribution >= 0.6 is 0 Å². The number of nitrogens with zero attached hydrogens (tertiary/aromatic N) is 2. The first-order valence-corrected chi connectivity index (χ1v) is 12.6. The number of unbranched alkanes of at least 4 members (excludes halogenated alkanes) is 2. The third-order valence-corrected chi connectivity index (χ3v) is 6.14. The minimum atomic E-state index is -0.688. The van der Waals surface area contributed by atoms with E-state index in [1.165, 1.54) is 0 Å². The van der Waals surface area contributed by atoms with Gasteiger partial charge in [-0.2, -0.15) is 0 Å². The summed E-state index contributed by atoms with van der Waals surface area (Å²) >= 11 is 0. The topological polar surface area (TPSA) is 206 Å². The van der Waals surface area contributed by atoms with Crippen LogP contribution in [0.5, 0.6) is 0 Å². The van der Waals surface area contributed by atoms with Crippen molar-refractivity contribution in [2.24, 2.45) is 27.2 Å². The SMILES string of the molecule is NC(N)=NCCCC(N)C(=O)NCCNCCCCCN=C1C(=O)NC(=O)C1c1c[nH]c2ccccc12. The Balaban J connectivity index is 1.30. The molecule has 2 atom stereocenters. The Bertz CT molecular complexity index is 1140. The molecule has 1 aliphatic heterocycles. The first-order valence-electron chi connectivity index (χ1n) is 12.6. The summed E-state index contributed by atoms with van der Waals surface area (Å²) in [5.74, 6) is -1.60. The van der Waals surface area contributed by atoms with E-state index in [0.29, 0.717) is 39.0 Å². The number of nitrogens with one attached hydrogen (secondary N) is 4. The number of carbonyl (C=O) groups excluding carboxylic acids is 3. The number of aromatic amines is 1. The molecule has 1 fully saturated rings. The molecule has 12 nitrogen and oxygen atoms in total. The maximum atomic E-state index is 12.5. The molecule has 3 rings (SSSR count). The second-order valence-corrected chi connectivity index (χ2v) is 8.96. The number of rotatable bonds is 15. The second-order valence-electron chi connectivity index (χ2n) is 8.96. The molecule has 10 N–H and O–H groups in total. The van der Waals surface area contributed by atoms with E-state index in [4.69, 9.17) is 17.2 Å². The van der Waals surface area contributed by atoms with Gasteiger partial charge in [-0.15, -0.1) is 0 Å². The highest BCUT2D eigenvalue weighted by molar-refractivity contribution is 6.52. The number of hydrogen-bond acceptors (Lipinski definition) is 7. The van der Waals surface area contributed by atoms with Gasteiger partial charge < -0.3 is 32.8 Å². The van der Waals surface area contributed by atoms with Crippen LogP contribution in [0.2, 0.25) is 0 Å². The van der Waals surface area contributed by atoms with E-state index < -0.39 is 17.9 Å². The number of hydrogen-bond donors (Lipinski definition) is 7. The Morgan fingerprint density at radius 3 is 2.65 bits per heavy atom. The smallest absolute Gasteiger partial charge is 0.272 e.